The topological polar surface area (TPSA) is 97.6 Å². The van der Waals surface area contributed by atoms with Gasteiger partial charge in [-0.25, -0.2) is 0 Å². The molecule has 3 rings (SSSR count). The normalized spacial score (nSPS) is 11.7. The minimum atomic E-state index is -1.03. The number of hydrogen-bond donors (Lipinski definition) is 2. The molecule has 0 fully saturated rings. The molecule has 0 aliphatic heterocycles. The van der Waals surface area contributed by atoms with Crippen LogP contribution in [0.25, 0.3) is 11.0 Å². The van der Waals surface area contributed by atoms with Crippen LogP contribution < -0.4 is 10.6 Å². The Morgan fingerprint density at radius 2 is 1.77 bits per heavy atom. The molecule has 7 heteroatoms. The Labute approximate surface area is 180 Å². The molecule has 3 aromatic rings. The summed E-state index contributed by atoms with van der Waals surface area (Å²) in [5, 5.41) is 6.12. The molecule has 162 valence electrons. The van der Waals surface area contributed by atoms with Gasteiger partial charge in [0.05, 0.1) is 19.2 Å². The highest BCUT2D eigenvalue weighted by molar-refractivity contribution is 5.96. The number of esters is 1. The highest BCUT2D eigenvalue weighted by Gasteiger charge is 2.20. The Kier molecular flexibility index (Phi) is 6.74. The lowest BCUT2D eigenvalue weighted by molar-refractivity contribution is -0.154. The van der Waals surface area contributed by atoms with Crippen molar-refractivity contribution in [1.82, 2.24) is 5.32 Å². The lowest BCUT2D eigenvalue weighted by Gasteiger charge is -2.14. The predicted molar refractivity (Wildman–Crippen MR) is 118 cm³/mol. The van der Waals surface area contributed by atoms with Crippen molar-refractivity contribution in [3.63, 3.8) is 0 Å². The fraction of sp³-hybridized carbons (Fsp3) is 0.292. The molecule has 0 saturated heterocycles. The minimum Gasteiger partial charge on any atom is -0.464 e. The van der Waals surface area contributed by atoms with Gasteiger partial charge in [0.2, 0.25) is 5.91 Å². The van der Waals surface area contributed by atoms with Crippen LogP contribution in [0.15, 0.2) is 47.1 Å². The molecule has 0 bridgehead atoms. The van der Waals surface area contributed by atoms with Crippen LogP contribution in [0.1, 0.15) is 29.2 Å². The van der Waals surface area contributed by atoms with Crippen molar-refractivity contribution in [2.24, 2.45) is 0 Å². The third-order valence-corrected chi connectivity index (χ3v) is 4.99. The van der Waals surface area contributed by atoms with Crippen molar-refractivity contribution in [1.29, 1.82) is 0 Å². The zero-order chi connectivity index (χ0) is 22.5. The molecule has 0 spiro atoms. The summed E-state index contributed by atoms with van der Waals surface area (Å²) in [5.74, 6) is -1.45. The van der Waals surface area contributed by atoms with E-state index in [0.717, 1.165) is 27.8 Å². The molecule has 0 aliphatic carbocycles. The molecule has 1 aromatic heterocycles. The maximum absolute atomic E-state index is 12.3. The van der Waals surface area contributed by atoms with E-state index in [2.05, 4.69) is 10.6 Å². The molecule has 0 unspecified atom stereocenters. The minimum absolute atomic E-state index is 0.0132. The third-order valence-electron chi connectivity index (χ3n) is 4.99. The average molecular weight is 422 g/mol. The number of rotatable bonds is 7. The van der Waals surface area contributed by atoms with Gasteiger partial charge in [-0.05, 0) is 50.5 Å². The number of aryl methyl sites for hydroxylation is 3. The Bertz CT molecular complexity index is 1110. The van der Waals surface area contributed by atoms with Crippen LogP contribution in [0.4, 0.5) is 5.69 Å². The van der Waals surface area contributed by atoms with Crippen LogP contribution in [0.5, 0.6) is 0 Å². The van der Waals surface area contributed by atoms with Gasteiger partial charge in [0, 0.05) is 16.6 Å². The Balaban J connectivity index is 1.49. The molecule has 0 aliphatic rings. The number of benzene rings is 2. The van der Waals surface area contributed by atoms with Gasteiger partial charge in [0.25, 0.3) is 5.91 Å². The average Bonchev–Trinajstić information content (AvgIpc) is 3.10. The van der Waals surface area contributed by atoms with Crippen LogP contribution >= 0.6 is 0 Å². The molecule has 2 amide bonds. The first kappa shape index (κ1) is 22.1. The number of fused-ring (bicyclic) bond motifs is 1. The van der Waals surface area contributed by atoms with E-state index >= 15 is 0 Å². The second kappa shape index (κ2) is 9.47. The lowest BCUT2D eigenvalue weighted by atomic mass is 10.1. The van der Waals surface area contributed by atoms with Crippen molar-refractivity contribution >= 4 is 34.4 Å². The van der Waals surface area contributed by atoms with E-state index in [1.807, 2.05) is 57.2 Å². The molecule has 31 heavy (non-hydrogen) atoms. The van der Waals surface area contributed by atoms with Gasteiger partial charge in [-0.15, -0.1) is 0 Å². The Morgan fingerprint density at radius 1 is 1.06 bits per heavy atom. The molecular weight excluding hydrogens is 396 g/mol. The first-order valence-corrected chi connectivity index (χ1v) is 10.0. The van der Waals surface area contributed by atoms with Crippen molar-refractivity contribution in [2.45, 2.75) is 40.2 Å². The summed E-state index contributed by atoms with van der Waals surface area (Å²) < 4.78 is 10.7. The summed E-state index contributed by atoms with van der Waals surface area (Å²) in [6.07, 6.45) is 0.482. The molecule has 7 nitrogen and oxygen atoms in total. The van der Waals surface area contributed by atoms with Gasteiger partial charge in [0.15, 0.2) is 6.10 Å². The van der Waals surface area contributed by atoms with Gasteiger partial charge in [-0.2, -0.15) is 0 Å². The molecule has 0 radical (unpaired) electrons. The van der Waals surface area contributed by atoms with Gasteiger partial charge < -0.3 is 19.8 Å². The number of ether oxygens (including phenoxy) is 1. The number of hydrogen-bond acceptors (Lipinski definition) is 5. The van der Waals surface area contributed by atoms with Gasteiger partial charge in [0.1, 0.15) is 5.58 Å². The number of carbonyl (C=O) groups is 3. The van der Waals surface area contributed by atoms with Crippen molar-refractivity contribution in [2.75, 3.05) is 11.9 Å². The van der Waals surface area contributed by atoms with E-state index in [1.165, 1.54) is 13.2 Å². The molecule has 1 atom stereocenters. The highest BCUT2D eigenvalue weighted by Crippen LogP contribution is 2.23. The SMILES string of the molecule is Cc1ccc2c(CC(=O)O[C@@H](C)C(=O)NCC(=O)Nc3c(C)cccc3C)coc2c1. The van der Waals surface area contributed by atoms with Gasteiger partial charge in [-0.1, -0.05) is 30.3 Å². The summed E-state index contributed by atoms with van der Waals surface area (Å²) in [6.45, 7) is 6.99. The zero-order valence-corrected chi connectivity index (χ0v) is 18.1. The number of amides is 2. The van der Waals surface area contributed by atoms with Crippen molar-refractivity contribution in [3.8, 4) is 0 Å². The molecule has 2 aromatic carbocycles. The fourth-order valence-electron chi connectivity index (χ4n) is 3.28. The van der Waals surface area contributed by atoms with E-state index in [4.69, 9.17) is 9.15 Å². The highest BCUT2D eigenvalue weighted by atomic mass is 16.5. The fourth-order valence-corrected chi connectivity index (χ4v) is 3.28. The monoisotopic (exact) mass is 422 g/mol. The van der Waals surface area contributed by atoms with Gasteiger partial charge in [-0.3, -0.25) is 14.4 Å². The first-order chi connectivity index (χ1) is 14.7. The van der Waals surface area contributed by atoms with E-state index in [0.29, 0.717) is 11.1 Å². The number of anilines is 1. The van der Waals surface area contributed by atoms with Crippen LogP contribution in [0.2, 0.25) is 0 Å². The molecule has 2 N–H and O–H groups in total. The van der Waals surface area contributed by atoms with E-state index in [9.17, 15) is 14.4 Å². The maximum Gasteiger partial charge on any atom is 0.311 e. The number of para-hydroxylation sites is 1. The number of nitrogens with one attached hydrogen (secondary N) is 2. The van der Waals surface area contributed by atoms with E-state index in [1.54, 1.807) is 0 Å². The summed E-state index contributed by atoms with van der Waals surface area (Å²) in [5.41, 5.74) is 5.04. The zero-order valence-electron chi connectivity index (χ0n) is 18.1. The maximum atomic E-state index is 12.3. The molecular formula is C24H26N2O5. The smallest absolute Gasteiger partial charge is 0.311 e. The standard InChI is InChI=1S/C24H26N2O5/c1-14-8-9-19-18(13-30-20(19)10-14)11-22(28)31-17(4)24(29)25-12-21(27)26-23-15(2)6-5-7-16(23)3/h5-10,13,17H,11-12H2,1-4H3,(H,25,29)(H,26,27)/t17-/m0/s1. The Hall–Kier alpha value is -3.61. The first-order valence-electron chi connectivity index (χ1n) is 10.0. The Morgan fingerprint density at radius 3 is 2.48 bits per heavy atom. The predicted octanol–water partition coefficient (Wildman–Crippen LogP) is 3.59. The lowest BCUT2D eigenvalue weighted by Crippen LogP contribution is -2.40. The molecule has 0 saturated carbocycles. The summed E-state index contributed by atoms with van der Waals surface area (Å²) >= 11 is 0. The van der Waals surface area contributed by atoms with Crippen LogP contribution in [-0.4, -0.2) is 30.4 Å². The van der Waals surface area contributed by atoms with Crippen LogP contribution in [0, 0.1) is 20.8 Å². The summed E-state index contributed by atoms with van der Waals surface area (Å²) in [4.78, 5) is 36.7. The van der Waals surface area contributed by atoms with Crippen molar-refractivity contribution < 1.29 is 23.5 Å². The van der Waals surface area contributed by atoms with E-state index in [-0.39, 0.29) is 18.9 Å². The third kappa shape index (κ3) is 5.51. The molecule has 1 heterocycles. The van der Waals surface area contributed by atoms with E-state index < -0.39 is 18.0 Å². The second-order valence-electron chi connectivity index (χ2n) is 7.60. The summed E-state index contributed by atoms with van der Waals surface area (Å²) in [7, 11) is 0. The van der Waals surface area contributed by atoms with Crippen LogP contribution in [0.3, 0.4) is 0 Å². The number of furan rings is 1. The van der Waals surface area contributed by atoms with Crippen molar-refractivity contribution in [3.05, 3.63) is 64.9 Å². The van der Waals surface area contributed by atoms with Gasteiger partial charge >= 0.3 is 5.97 Å². The quantitative estimate of drug-likeness (QED) is 0.567. The van der Waals surface area contributed by atoms with Crippen LogP contribution in [-0.2, 0) is 25.5 Å². The number of carbonyl (C=O) groups excluding carboxylic acids is 3. The summed E-state index contributed by atoms with van der Waals surface area (Å²) in [6, 6.07) is 11.4. The largest absolute Gasteiger partial charge is 0.464 e. The second-order valence-corrected chi connectivity index (χ2v) is 7.60.